The van der Waals surface area contributed by atoms with Crippen LogP contribution in [0.15, 0.2) is 24.3 Å². The van der Waals surface area contributed by atoms with Crippen molar-refractivity contribution in [2.75, 3.05) is 24.3 Å². The molecule has 18 heavy (non-hydrogen) atoms. The summed E-state index contributed by atoms with van der Waals surface area (Å²) in [5.74, 6) is -0.129. The fourth-order valence-corrected chi connectivity index (χ4v) is 1.56. The largest absolute Gasteiger partial charge is 0.399 e. The maximum Gasteiger partial charge on any atom is 0.250 e. The molecule has 0 unspecified atom stereocenters. The number of anilines is 2. The highest BCUT2D eigenvalue weighted by Gasteiger charge is 2.01. The van der Waals surface area contributed by atoms with E-state index in [1.165, 1.54) is 12.8 Å². The average molecular weight is 250 g/mol. The van der Waals surface area contributed by atoms with E-state index < -0.39 is 0 Å². The summed E-state index contributed by atoms with van der Waals surface area (Å²) in [5, 5.41) is 2.75. The summed E-state index contributed by atoms with van der Waals surface area (Å²) in [4.78, 5) is 11.5. The molecule has 100 valence electrons. The zero-order valence-corrected chi connectivity index (χ0v) is 10.9. The van der Waals surface area contributed by atoms with Crippen molar-refractivity contribution >= 4 is 17.3 Å². The quantitative estimate of drug-likeness (QED) is 0.551. The van der Waals surface area contributed by atoms with Crippen LogP contribution in [0.3, 0.4) is 0 Å². The standard InChI is InChI=1S/C14H22N2O2/c1-2-3-4-5-10-18-11-14(17)16-13-8-6-12(15)7-9-13/h6-9H,2-5,10-11,15H2,1H3,(H,16,17). The number of carbonyl (C=O) groups is 1. The highest BCUT2D eigenvalue weighted by molar-refractivity contribution is 5.91. The molecule has 1 rings (SSSR count). The van der Waals surface area contributed by atoms with Crippen LogP contribution in [0.4, 0.5) is 11.4 Å². The normalized spacial score (nSPS) is 10.3. The van der Waals surface area contributed by atoms with E-state index in [2.05, 4.69) is 12.2 Å². The second-order valence-electron chi connectivity index (χ2n) is 4.28. The Morgan fingerprint density at radius 3 is 2.61 bits per heavy atom. The van der Waals surface area contributed by atoms with Crippen molar-refractivity contribution in [2.24, 2.45) is 0 Å². The monoisotopic (exact) mass is 250 g/mol. The van der Waals surface area contributed by atoms with Gasteiger partial charge < -0.3 is 15.8 Å². The second kappa shape index (κ2) is 8.53. The molecule has 0 radical (unpaired) electrons. The molecular weight excluding hydrogens is 228 g/mol. The molecule has 0 bridgehead atoms. The molecule has 0 fully saturated rings. The second-order valence-corrected chi connectivity index (χ2v) is 4.28. The third-order valence-corrected chi connectivity index (χ3v) is 2.57. The predicted octanol–water partition coefficient (Wildman–Crippen LogP) is 2.80. The minimum absolute atomic E-state index is 0.108. The van der Waals surface area contributed by atoms with Crippen LogP contribution in [-0.4, -0.2) is 19.1 Å². The first-order valence-corrected chi connectivity index (χ1v) is 6.45. The first-order valence-electron chi connectivity index (χ1n) is 6.45. The van der Waals surface area contributed by atoms with E-state index in [0.717, 1.165) is 18.5 Å². The van der Waals surface area contributed by atoms with Crippen LogP contribution in [0, 0.1) is 0 Å². The summed E-state index contributed by atoms with van der Waals surface area (Å²) in [6.07, 6.45) is 4.61. The van der Waals surface area contributed by atoms with Gasteiger partial charge in [0.15, 0.2) is 0 Å². The molecule has 1 amide bonds. The Balaban J connectivity index is 2.12. The Morgan fingerprint density at radius 2 is 1.94 bits per heavy atom. The minimum Gasteiger partial charge on any atom is -0.399 e. The topological polar surface area (TPSA) is 64.3 Å². The summed E-state index contributed by atoms with van der Waals surface area (Å²) < 4.78 is 5.30. The summed E-state index contributed by atoms with van der Waals surface area (Å²) in [5.41, 5.74) is 6.98. The van der Waals surface area contributed by atoms with Crippen molar-refractivity contribution in [2.45, 2.75) is 32.6 Å². The molecule has 0 aliphatic carbocycles. The van der Waals surface area contributed by atoms with Crippen LogP contribution in [0.5, 0.6) is 0 Å². The van der Waals surface area contributed by atoms with E-state index in [1.807, 2.05) is 0 Å². The van der Waals surface area contributed by atoms with Crippen LogP contribution in [0.1, 0.15) is 32.6 Å². The number of ether oxygens (including phenoxy) is 1. The fourth-order valence-electron chi connectivity index (χ4n) is 1.56. The number of nitrogens with one attached hydrogen (secondary N) is 1. The molecule has 0 aromatic heterocycles. The lowest BCUT2D eigenvalue weighted by Gasteiger charge is -2.06. The summed E-state index contributed by atoms with van der Waals surface area (Å²) in [7, 11) is 0. The van der Waals surface area contributed by atoms with E-state index >= 15 is 0 Å². The lowest BCUT2D eigenvalue weighted by Crippen LogP contribution is -2.18. The van der Waals surface area contributed by atoms with Gasteiger partial charge in [-0.25, -0.2) is 0 Å². The van der Waals surface area contributed by atoms with Crippen molar-refractivity contribution in [1.82, 2.24) is 0 Å². The number of carbonyl (C=O) groups excluding carboxylic acids is 1. The highest BCUT2D eigenvalue weighted by atomic mass is 16.5. The van der Waals surface area contributed by atoms with Crippen LogP contribution < -0.4 is 11.1 Å². The molecule has 0 saturated carbocycles. The Labute approximate surface area is 109 Å². The number of benzene rings is 1. The molecule has 0 heterocycles. The van der Waals surface area contributed by atoms with Crippen molar-refractivity contribution in [3.8, 4) is 0 Å². The number of nitrogens with two attached hydrogens (primary N) is 1. The van der Waals surface area contributed by atoms with Gasteiger partial charge in [0.2, 0.25) is 5.91 Å². The zero-order valence-electron chi connectivity index (χ0n) is 10.9. The lowest BCUT2D eigenvalue weighted by molar-refractivity contribution is -0.120. The summed E-state index contributed by atoms with van der Waals surface area (Å²) in [6.45, 7) is 2.92. The maximum absolute atomic E-state index is 11.5. The van der Waals surface area contributed by atoms with Gasteiger partial charge in [-0.2, -0.15) is 0 Å². The van der Waals surface area contributed by atoms with Gasteiger partial charge in [0.25, 0.3) is 0 Å². The molecule has 1 aromatic carbocycles. The van der Waals surface area contributed by atoms with Crippen molar-refractivity contribution in [3.63, 3.8) is 0 Å². The molecule has 0 saturated heterocycles. The Bertz CT molecular complexity index is 349. The molecule has 1 aromatic rings. The third kappa shape index (κ3) is 6.25. The van der Waals surface area contributed by atoms with Gasteiger partial charge in [0.05, 0.1) is 0 Å². The van der Waals surface area contributed by atoms with E-state index in [9.17, 15) is 4.79 Å². The molecule has 0 aliphatic heterocycles. The van der Waals surface area contributed by atoms with Gasteiger partial charge in [-0.05, 0) is 30.7 Å². The Morgan fingerprint density at radius 1 is 1.22 bits per heavy atom. The van der Waals surface area contributed by atoms with E-state index in [1.54, 1.807) is 24.3 Å². The van der Waals surface area contributed by atoms with Crippen molar-refractivity contribution in [1.29, 1.82) is 0 Å². The predicted molar refractivity (Wildman–Crippen MR) is 74.4 cm³/mol. The number of unbranched alkanes of at least 4 members (excludes halogenated alkanes) is 3. The number of hydrogen-bond acceptors (Lipinski definition) is 3. The summed E-state index contributed by atoms with van der Waals surface area (Å²) >= 11 is 0. The van der Waals surface area contributed by atoms with Gasteiger partial charge in [0.1, 0.15) is 6.61 Å². The number of hydrogen-bond donors (Lipinski definition) is 2. The number of amides is 1. The first-order chi connectivity index (χ1) is 8.72. The molecule has 0 aliphatic rings. The third-order valence-electron chi connectivity index (χ3n) is 2.57. The SMILES string of the molecule is CCCCCCOCC(=O)Nc1ccc(N)cc1. The Kier molecular flexibility index (Phi) is 6.87. The maximum atomic E-state index is 11.5. The van der Waals surface area contributed by atoms with Gasteiger partial charge in [-0.15, -0.1) is 0 Å². The van der Waals surface area contributed by atoms with E-state index in [0.29, 0.717) is 12.3 Å². The Hall–Kier alpha value is -1.55. The van der Waals surface area contributed by atoms with E-state index in [-0.39, 0.29) is 12.5 Å². The van der Waals surface area contributed by atoms with Crippen LogP contribution in [0.2, 0.25) is 0 Å². The molecule has 4 heteroatoms. The van der Waals surface area contributed by atoms with Gasteiger partial charge in [-0.3, -0.25) is 4.79 Å². The zero-order chi connectivity index (χ0) is 13.2. The van der Waals surface area contributed by atoms with Crippen molar-refractivity contribution < 1.29 is 9.53 Å². The minimum atomic E-state index is -0.129. The first kappa shape index (κ1) is 14.5. The average Bonchev–Trinajstić information content (AvgIpc) is 2.36. The smallest absolute Gasteiger partial charge is 0.250 e. The van der Waals surface area contributed by atoms with Gasteiger partial charge in [-0.1, -0.05) is 26.2 Å². The van der Waals surface area contributed by atoms with E-state index in [4.69, 9.17) is 10.5 Å². The van der Waals surface area contributed by atoms with Gasteiger partial charge in [0, 0.05) is 18.0 Å². The molecule has 0 atom stereocenters. The number of nitrogen functional groups attached to an aromatic ring is 1. The molecule has 0 spiro atoms. The van der Waals surface area contributed by atoms with Crippen LogP contribution >= 0.6 is 0 Å². The van der Waals surface area contributed by atoms with Crippen LogP contribution in [-0.2, 0) is 9.53 Å². The molecule has 4 nitrogen and oxygen atoms in total. The fraction of sp³-hybridized carbons (Fsp3) is 0.500. The summed E-state index contributed by atoms with van der Waals surface area (Å²) in [6, 6.07) is 7.05. The lowest BCUT2D eigenvalue weighted by atomic mass is 10.2. The molecule has 3 N–H and O–H groups in total. The number of rotatable bonds is 8. The highest BCUT2D eigenvalue weighted by Crippen LogP contribution is 2.10. The van der Waals surface area contributed by atoms with Crippen molar-refractivity contribution in [3.05, 3.63) is 24.3 Å². The van der Waals surface area contributed by atoms with Crippen LogP contribution in [0.25, 0.3) is 0 Å². The molecular formula is C14H22N2O2. The van der Waals surface area contributed by atoms with Gasteiger partial charge >= 0.3 is 0 Å².